The number of esters is 1. The Bertz CT molecular complexity index is 703. The summed E-state index contributed by atoms with van der Waals surface area (Å²) in [6, 6.07) is 7.90. The van der Waals surface area contributed by atoms with Crippen molar-refractivity contribution in [3.8, 4) is 5.75 Å². The smallest absolute Gasteiger partial charge is 0.329 e. The third-order valence-corrected chi connectivity index (χ3v) is 7.34. The van der Waals surface area contributed by atoms with Gasteiger partial charge in [0.15, 0.2) is 0 Å². The fourth-order valence-electron chi connectivity index (χ4n) is 4.23. The van der Waals surface area contributed by atoms with Crippen molar-refractivity contribution in [3.63, 3.8) is 0 Å². The summed E-state index contributed by atoms with van der Waals surface area (Å²) in [5, 5.41) is 0. The van der Waals surface area contributed by atoms with Crippen molar-refractivity contribution in [1.82, 2.24) is 4.90 Å². The molecule has 0 fully saturated rings. The minimum Gasteiger partial charge on any atom is -0.494 e. The van der Waals surface area contributed by atoms with Crippen LogP contribution in [0.2, 0.25) is 0 Å². The maximum absolute atomic E-state index is 11.9. The van der Waals surface area contributed by atoms with Gasteiger partial charge in [-0.2, -0.15) is 0 Å². The van der Waals surface area contributed by atoms with Gasteiger partial charge in [0.05, 0.1) is 19.8 Å². The summed E-state index contributed by atoms with van der Waals surface area (Å²) < 4.78 is 22.3. The van der Waals surface area contributed by atoms with Gasteiger partial charge in [-0.25, -0.2) is 0 Å². The maximum Gasteiger partial charge on any atom is 0.329 e. The van der Waals surface area contributed by atoms with E-state index >= 15 is 0 Å². The third-order valence-electron chi connectivity index (χ3n) is 6.56. The molecule has 0 bridgehead atoms. The van der Waals surface area contributed by atoms with Gasteiger partial charge in [0, 0.05) is 12.8 Å². The molecule has 0 heterocycles. The van der Waals surface area contributed by atoms with Gasteiger partial charge in [-0.05, 0) is 51.2 Å². The van der Waals surface area contributed by atoms with Crippen molar-refractivity contribution in [3.05, 3.63) is 29.8 Å². The molecule has 0 radical (unpaired) electrons. The van der Waals surface area contributed by atoms with Crippen LogP contribution in [0.5, 0.6) is 5.75 Å². The van der Waals surface area contributed by atoms with Crippen LogP contribution >= 0.6 is 8.60 Å². The van der Waals surface area contributed by atoms with Crippen LogP contribution in [0, 0.1) is 0 Å². The van der Waals surface area contributed by atoms with Crippen LogP contribution in [-0.4, -0.2) is 62.3 Å². The topological polar surface area (TPSA) is 77.5 Å². The average Bonchev–Trinajstić information content (AvgIpc) is 2.93. The second-order valence-corrected chi connectivity index (χ2v) is 11.6. The first kappa shape index (κ1) is 35.8. The van der Waals surface area contributed by atoms with E-state index in [9.17, 15) is 9.69 Å². The lowest BCUT2D eigenvalue weighted by Crippen LogP contribution is -2.25. The van der Waals surface area contributed by atoms with E-state index in [0.717, 1.165) is 37.3 Å². The van der Waals surface area contributed by atoms with E-state index in [1.165, 1.54) is 70.6 Å². The molecule has 0 aliphatic carbocycles. The number of ether oxygens (including phenoxy) is 2. The van der Waals surface area contributed by atoms with Crippen molar-refractivity contribution in [2.75, 3.05) is 40.5 Å². The highest BCUT2D eigenvalue weighted by atomic mass is 31.2. The first-order chi connectivity index (χ1) is 18.9. The van der Waals surface area contributed by atoms with Crippen molar-refractivity contribution in [2.45, 2.75) is 116 Å². The zero-order valence-corrected chi connectivity index (χ0v) is 26.1. The summed E-state index contributed by atoms with van der Waals surface area (Å²) in [5.41, 5.74) is 1.01. The van der Waals surface area contributed by atoms with Gasteiger partial charge in [-0.3, -0.25) is 4.79 Å². The second kappa shape index (κ2) is 24.5. The van der Waals surface area contributed by atoms with Gasteiger partial charge < -0.3 is 28.3 Å². The minimum absolute atomic E-state index is 0.0822. The Kier molecular flexibility index (Phi) is 22.5. The van der Waals surface area contributed by atoms with E-state index in [1.807, 2.05) is 38.4 Å². The molecule has 0 aliphatic heterocycles. The van der Waals surface area contributed by atoms with E-state index < -0.39 is 14.7 Å². The normalized spacial score (nSPS) is 13.0. The van der Waals surface area contributed by atoms with Crippen LogP contribution in [0.4, 0.5) is 0 Å². The van der Waals surface area contributed by atoms with Crippen molar-refractivity contribution in [2.24, 2.45) is 0 Å². The van der Waals surface area contributed by atoms with Gasteiger partial charge in [0.25, 0.3) is 0 Å². The Hall–Kier alpha value is -1.24. The van der Waals surface area contributed by atoms with Crippen LogP contribution in [0.1, 0.15) is 109 Å². The molecule has 0 saturated heterocycles. The molecule has 2 unspecified atom stereocenters. The number of hydrogen-bond acceptors (Lipinski definition) is 7. The van der Waals surface area contributed by atoms with Gasteiger partial charge in [-0.15, -0.1) is 0 Å². The third kappa shape index (κ3) is 21.2. The predicted molar refractivity (Wildman–Crippen MR) is 161 cm³/mol. The summed E-state index contributed by atoms with van der Waals surface area (Å²) in [5.74, 6) is 0.560. The molecule has 1 N–H and O–H groups in total. The number of carbonyl (C=O) groups excluding carboxylic acids is 1. The van der Waals surface area contributed by atoms with Crippen LogP contribution in [0.25, 0.3) is 0 Å². The largest absolute Gasteiger partial charge is 0.494 e. The Morgan fingerprint density at radius 3 is 1.97 bits per heavy atom. The first-order valence-electron chi connectivity index (χ1n) is 15.2. The first-order valence-corrected chi connectivity index (χ1v) is 16.4. The van der Waals surface area contributed by atoms with Gasteiger partial charge in [0.2, 0.25) is 0 Å². The highest BCUT2D eigenvalue weighted by Crippen LogP contribution is 2.33. The molecule has 0 aromatic heterocycles. The highest BCUT2D eigenvalue weighted by molar-refractivity contribution is 7.40. The SMILES string of the molecule is CCCCCCCCCCCCCCOc1ccc(CC(COP(O)OCCCN(C)C)OC(=O)CC)cc1. The van der Waals surface area contributed by atoms with Crippen molar-refractivity contribution < 1.29 is 28.2 Å². The molecule has 7 nitrogen and oxygen atoms in total. The standard InChI is InChI=1S/C31H56NO6P/c1-5-7-8-9-10-11-12-13-14-15-16-17-24-35-29-21-19-28(20-22-29)26-30(38-31(33)6-2)27-37-39(34)36-25-18-23-32(3)4/h19-22,30,34H,5-18,23-27H2,1-4H3. The molecule has 8 heteroatoms. The molecule has 1 rings (SSSR count). The molecule has 0 aliphatic rings. The van der Waals surface area contributed by atoms with Gasteiger partial charge in [0.1, 0.15) is 11.9 Å². The molecular weight excluding hydrogens is 513 g/mol. The summed E-state index contributed by atoms with van der Waals surface area (Å²) in [7, 11) is 1.98. The van der Waals surface area contributed by atoms with Crippen LogP contribution in [0.15, 0.2) is 24.3 Å². The van der Waals surface area contributed by atoms with Crippen LogP contribution in [-0.2, 0) is 25.0 Å². The highest BCUT2D eigenvalue weighted by Gasteiger charge is 2.18. The lowest BCUT2D eigenvalue weighted by atomic mass is 10.1. The minimum atomic E-state index is -2.00. The Morgan fingerprint density at radius 2 is 1.41 bits per heavy atom. The monoisotopic (exact) mass is 569 g/mol. The number of rotatable bonds is 26. The van der Waals surface area contributed by atoms with Crippen LogP contribution in [0.3, 0.4) is 0 Å². The molecule has 2 atom stereocenters. The maximum atomic E-state index is 11.9. The number of unbranched alkanes of at least 4 members (excludes halogenated alkanes) is 11. The molecule has 1 aromatic rings. The fourth-order valence-corrected chi connectivity index (χ4v) is 4.88. The fraction of sp³-hybridized carbons (Fsp3) is 0.774. The van der Waals surface area contributed by atoms with Crippen molar-refractivity contribution in [1.29, 1.82) is 0 Å². The average molecular weight is 570 g/mol. The lowest BCUT2D eigenvalue weighted by molar-refractivity contribution is -0.150. The van der Waals surface area contributed by atoms with E-state index in [-0.39, 0.29) is 19.0 Å². The zero-order chi connectivity index (χ0) is 28.6. The molecule has 1 aromatic carbocycles. The molecular formula is C31H56NO6P. The molecule has 0 spiro atoms. The summed E-state index contributed by atoms with van der Waals surface area (Å²) in [4.78, 5) is 24.0. The zero-order valence-electron chi connectivity index (χ0n) is 25.2. The molecule has 226 valence electrons. The van der Waals surface area contributed by atoms with E-state index in [4.69, 9.17) is 18.5 Å². The lowest BCUT2D eigenvalue weighted by Gasteiger charge is -2.19. The molecule has 0 saturated carbocycles. The van der Waals surface area contributed by atoms with Gasteiger partial charge >= 0.3 is 14.6 Å². The summed E-state index contributed by atoms with van der Waals surface area (Å²) in [6.45, 7) is 6.13. The van der Waals surface area contributed by atoms with Crippen LogP contribution < -0.4 is 4.74 Å². The van der Waals surface area contributed by atoms with E-state index in [0.29, 0.717) is 13.0 Å². The van der Waals surface area contributed by atoms with Gasteiger partial charge in [-0.1, -0.05) is 96.6 Å². The van der Waals surface area contributed by atoms with E-state index in [1.54, 1.807) is 6.92 Å². The predicted octanol–water partition coefficient (Wildman–Crippen LogP) is 7.83. The van der Waals surface area contributed by atoms with Crippen molar-refractivity contribution >= 4 is 14.6 Å². The Morgan fingerprint density at radius 1 is 0.821 bits per heavy atom. The second-order valence-electron chi connectivity index (χ2n) is 10.6. The molecule has 39 heavy (non-hydrogen) atoms. The molecule has 0 amide bonds. The number of nitrogens with zero attached hydrogens (tertiary/aromatic N) is 1. The number of hydrogen-bond donors (Lipinski definition) is 1. The quantitative estimate of drug-likeness (QED) is 0.0692. The Labute approximate surface area is 239 Å². The number of carbonyl (C=O) groups is 1. The summed E-state index contributed by atoms with van der Waals surface area (Å²) >= 11 is 0. The van der Waals surface area contributed by atoms with E-state index in [2.05, 4.69) is 11.8 Å². The number of benzene rings is 1. The summed E-state index contributed by atoms with van der Waals surface area (Å²) in [6.07, 6.45) is 17.1. The Balaban J connectivity index is 2.24.